The molecule has 0 saturated carbocycles. The van der Waals surface area contributed by atoms with Crippen molar-refractivity contribution in [2.45, 2.75) is 18.6 Å². The molecule has 134 valence electrons. The molecule has 2 N–H and O–H groups in total. The second-order valence-corrected chi connectivity index (χ2v) is 6.80. The standard InChI is InChI=1S/C19H17NO6/c1-20-5-4-9-6-13-14(25-8-24-13)7-11(9)16(20)18-10-2-3-12(21)17(22)15(10)19(23)26-18/h2-3,6-7,16,18,21-22H,4-5,8H2,1H3/t16-,18+/m1/s1. The third-order valence-electron chi connectivity index (χ3n) is 5.38. The summed E-state index contributed by atoms with van der Waals surface area (Å²) in [6.45, 7) is 0.998. The van der Waals surface area contributed by atoms with Crippen molar-refractivity contribution in [1.29, 1.82) is 0 Å². The molecule has 2 atom stereocenters. The molecule has 5 rings (SSSR count). The summed E-state index contributed by atoms with van der Waals surface area (Å²) in [6.07, 6.45) is 0.279. The summed E-state index contributed by atoms with van der Waals surface area (Å²) in [7, 11) is 1.98. The van der Waals surface area contributed by atoms with E-state index in [1.807, 2.05) is 19.2 Å². The second kappa shape index (κ2) is 5.28. The Morgan fingerprint density at radius 1 is 1.12 bits per heavy atom. The molecule has 0 saturated heterocycles. The molecule has 3 aliphatic rings. The molecule has 2 aromatic carbocycles. The molecule has 3 aliphatic heterocycles. The first-order valence-electron chi connectivity index (χ1n) is 8.43. The summed E-state index contributed by atoms with van der Waals surface area (Å²) in [5.41, 5.74) is 2.76. The van der Waals surface area contributed by atoms with Gasteiger partial charge in [-0.05, 0) is 42.8 Å². The maximum atomic E-state index is 12.3. The van der Waals surface area contributed by atoms with Gasteiger partial charge in [-0.25, -0.2) is 4.79 Å². The first-order chi connectivity index (χ1) is 12.5. The normalized spacial score (nSPS) is 23.5. The number of likely N-dealkylation sites (N-methyl/N-ethyl adjacent to an activating group) is 1. The lowest BCUT2D eigenvalue weighted by Crippen LogP contribution is -2.36. The van der Waals surface area contributed by atoms with Crippen LogP contribution in [0.3, 0.4) is 0 Å². The first-order valence-corrected chi connectivity index (χ1v) is 8.43. The zero-order valence-electron chi connectivity index (χ0n) is 14.1. The molecule has 0 aromatic heterocycles. The molecule has 0 amide bonds. The van der Waals surface area contributed by atoms with Gasteiger partial charge in [0, 0.05) is 12.1 Å². The van der Waals surface area contributed by atoms with Gasteiger partial charge in [0.25, 0.3) is 0 Å². The highest BCUT2D eigenvalue weighted by molar-refractivity contribution is 5.98. The Hall–Kier alpha value is -2.93. The first kappa shape index (κ1) is 15.3. The number of carbonyl (C=O) groups is 1. The van der Waals surface area contributed by atoms with Gasteiger partial charge in [-0.15, -0.1) is 0 Å². The number of benzene rings is 2. The molecular formula is C19H17NO6. The van der Waals surface area contributed by atoms with Gasteiger partial charge in [-0.3, -0.25) is 4.90 Å². The minimum atomic E-state index is -0.625. The Labute approximate surface area is 149 Å². The van der Waals surface area contributed by atoms with Crippen molar-refractivity contribution in [3.63, 3.8) is 0 Å². The van der Waals surface area contributed by atoms with Crippen LogP contribution in [-0.2, 0) is 11.2 Å². The molecule has 26 heavy (non-hydrogen) atoms. The van der Waals surface area contributed by atoms with E-state index >= 15 is 0 Å². The number of phenolic OH excluding ortho intramolecular Hbond substituents is 2. The van der Waals surface area contributed by atoms with Crippen LogP contribution >= 0.6 is 0 Å². The van der Waals surface area contributed by atoms with Crippen LogP contribution in [0, 0.1) is 0 Å². The van der Waals surface area contributed by atoms with E-state index in [0.717, 1.165) is 29.8 Å². The summed E-state index contributed by atoms with van der Waals surface area (Å²) in [5, 5.41) is 19.8. The molecule has 0 unspecified atom stereocenters. The van der Waals surface area contributed by atoms with E-state index in [0.29, 0.717) is 11.3 Å². The average Bonchev–Trinajstić information content (AvgIpc) is 3.20. The minimum Gasteiger partial charge on any atom is -0.504 e. The van der Waals surface area contributed by atoms with Crippen LogP contribution < -0.4 is 9.47 Å². The number of cyclic esters (lactones) is 1. The lowest BCUT2D eigenvalue weighted by molar-refractivity contribution is 0.00936. The van der Waals surface area contributed by atoms with Crippen LogP contribution in [0.4, 0.5) is 0 Å². The van der Waals surface area contributed by atoms with Crippen molar-refractivity contribution < 1.29 is 29.2 Å². The fraction of sp³-hybridized carbons (Fsp3) is 0.316. The lowest BCUT2D eigenvalue weighted by atomic mass is 9.86. The van der Waals surface area contributed by atoms with Gasteiger partial charge in [0.2, 0.25) is 6.79 Å². The van der Waals surface area contributed by atoms with Crippen LogP contribution in [0.15, 0.2) is 24.3 Å². The van der Waals surface area contributed by atoms with E-state index in [4.69, 9.17) is 14.2 Å². The van der Waals surface area contributed by atoms with Crippen molar-refractivity contribution in [1.82, 2.24) is 4.90 Å². The van der Waals surface area contributed by atoms with Crippen LogP contribution in [0.5, 0.6) is 23.0 Å². The number of ether oxygens (including phenoxy) is 3. The van der Waals surface area contributed by atoms with Crippen LogP contribution in [0.1, 0.15) is 39.2 Å². The third kappa shape index (κ3) is 2.00. The largest absolute Gasteiger partial charge is 0.504 e. The van der Waals surface area contributed by atoms with Gasteiger partial charge in [0.1, 0.15) is 11.7 Å². The monoisotopic (exact) mass is 355 g/mol. The predicted octanol–water partition coefficient (Wildman–Crippen LogP) is 2.27. The number of fused-ring (bicyclic) bond motifs is 3. The van der Waals surface area contributed by atoms with E-state index in [1.165, 1.54) is 6.07 Å². The third-order valence-corrected chi connectivity index (χ3v) is 5.38. The molecule has 0 bridgehead atoms. The van der Waals surface area contributed by atoms with Gasteiger partial charge >= 0.3 is 5.97 Å². The lowest BCUT2D eigenvalue weighted by Gasteiger charge is -2.37. The highest BCUT2D eigenvalue weighted by Crippen LogP contribution is 2.50. The molecule has 3 heterocycles. The summed E-state index contributed by atoms with van der Waals surface area (Å²) < 4.78 is 16.6. The Kier molecular flexibility index (Phi) is 3.12. The summed E-state index contributed by atoms with van der Waals surface area (Å²) in [6, 6.07) is 6.73. The maximum Gasteiger partial charge on any atom is 0.343 e. The fourth-order valence-electron chi connectivity index (χ4n) is 4.08. The Bertz CT molecular complexity index is 940. The zero-order chi connectivity index (χ0) is 18.0. The number of nitrogens with zero attached hydrogens (tertiary/aromatic N) is 1. The number of carbonyl (C=O) groups excluding carboxylic acids is 1. The Balaban J connectivity index is 1.65. The van der Waals surface area contributed by atoms with E-state index < -0.39 is 17.8 Å². The molecular weight excluding hydrogens is 338 g/mol. The molecule has 0 radical (unpaired) electrons. The van der Waals surface area contributed by atoms with Gasteiger partial charge in [-0.2, -0.15) is 0 Å². The molecule has 0 spiro atoms. The summed E-state index contributed by atoms with van der Waals surface area (Å²) >= 11 is 0. The predicted molar refractivity (Wildman–Crippen MR) is 89.6 cm³/mol. The van der Waals surface area contributed by atoms with E-state index in [9.17, 15) is 15.0 Å². The molecule has 7 nitrogen and oxygen atoms in total. The number of phenols is 2. The maximum absolute atomic E-state index is 12.3. The van der Waals surface area contributed by atoms with Crippen LogP contribution in [0.25, 0.3) is 0 Å². The van der Waals surface area contributed by atoms with E-state index in [2.05, 4.69) is 4.90 Å². The SMILES string of the molecule is CN1CCc2cc3c(cc2[C@@H]1[C@H]1OC(=O)c2c1ccc(O)c2O)OCO3. The topological polar surface area (TPSA) is 88.5 Å². The zero-order valence-corrected chi connectivity index (χ0v) is 14.1. The number of hydrogen-bond acceptors (Lipinski definition) is 7. The summed E-state index contributed by atoms with van der Waals surface area (Å²) in [5.74, 6) is 0.0294. The van der Waals surface area contributed by atoms with Gasteiger partial charge < -0.3 is 24.4 Å². The quantitative estimate of drug-likeness (QED) is 0.599. The van der Waals surface area contributed by atoms with Gasteiger partial charge in [0.05, 0.1) is 6.04 Å². The molecule has 2 aromatic rings. The van der Waals surface area contributed by atoms with Crippen molar-refractivity contribution in [3.8, 4) is 23.0 Å². The van der Waals surface area contributed by atoms with Crippen molar-refractivity contribution >= 4 is 5.97 Å². The highest BCUT2D eigenvalue weighted by Gasteiger charge is 2.43. The molecule has 7 heteroatoms. The smallest absolute Gasteiger partial charge is 0.343 e. The van der Waals surface area contributed by atoms with Gasteiger partial charge in [0.15, 0.2) is 23.0 Å². The van der Waals surface area contributed by atoms with Crippen LogP contribution in [-0.4, -0.2) is 41.5 Å². The number of esters is 1. The second-order valence-electron chi connectivity index (χ2n) is 6.80. The van der Waals surface area contributed by atoms with Crippen molar-refractivity contribution in [2.24, 2.45) is 0 Å². The number of rotatable bonds is 1. The van der Waals surface area contributed by atoms with E-state index in [-0.39, 0.29) is 24.1 Å². The molecule has 0 fully saturated rings. The Morgan fingerprint density at radius 2 is 1.88 bits per heavy atom. The van der Waals surface area contributed by atoms with Crippen LogP contribution in [0.2, 0.25) is 0 Å². The average molecular weight is 355 g/mol. The Morgan fingerprint density at radius 3 is 2.69 bits per heavy atom. The molecule has 0 aliphatic carbocycles. The fourth-order valence-corrected chi connectivity index (χ4v) is 4.08. The highest BCUT2D eigenvalue weighted by atomic mass is 16.7. The number of hydrogen-bond donors (Lipinski definition) is 2. The van der Waals surface area contributed by atoms with Crippen molar-refractivity contribution in [3.05, 3.63) is 46.5 Å². The number of aromatic hydroxyl groups is 2. The summed E-state index contributed by atoms with van der Waals surface area (Å²) in [4.78, 5) is 14.5. The van der Waals surface area contributed by atoms with Gasteiger partial charge in [-0.1, -0.05) is 6.07 Å². The minimum absolute atomic E-state index is 0.0382. The van der Waals surface area contributed by atoms with Crippen molar-refractivity contribution in [2.75, 3.05) is 20.4 Å². The van der Waals surface area contributed by atoms with E-state index in [1.54, 1.807) is 6.07 Å².